The van der Waals surface area contributed by atoms with Gasteiger partial charge in [-0.25, -0.2) is 4.98 Å². The molecule has 0 radical (unpaired) electrons. The average molecular weight is 443 g/mol. The molecule has 170 valence electrons. The van der Waals surface area contributed by atoms with Crippen LogP contribution in [0.4, 0.5) is 5.82 Å². The van der Waals surface area contributed by atoms with Crippen molar-refractivity contribution in [3.8, 4) is 0 Å². The Morgan fingerprint density at radius 3 is 2.30 bits per heavy atom. The fourth-order valence-electron chi connectivity index (χ4n) is 4.09. The maximum Gasteiger partial charge on any atom is 0.251 e. The van der Waals surface area contributed by atoms with Gasteiger partial charge in [0.1, 0.15) is 11.9 Å². The van der Waals surface area contributed by atoms with Crippen molar-refractivity contribution in [2.75, 3.05) is 31.1 Å². The standard InChI is InChI=1S/C27H30N4O2/c1-20-11-12-23(18-21(20)2)26(32)29-24(19-22-8-4-3-5-9-22)27(33)31-16-14-30(15-17-31)25-10-6-7-13-28-25/h3-13,18,24H,14-17,19H2,1-2H3,(H,29,32)/t24-/m1/s1. The number of aromatic nitrogens is 1. The predicted molar refractivity (Wildman–Crippen MR) is 130 cm³/mol. The molecule has 6 nitrogen and oxygen atoms in total. The van der Waals surface area contributed by atoms with E-state index >= 15 is 0 Å². The lowest BCUT2D eigenvalue weighted by Gasteiger charge is -2.37. The second-order valence-corrected chi connectivity index (χ2v) is 8.52. The highest BCUT2D eigenvalue weighted by Gasteiger charge is 2.29. The van der Waals surface area contributed by atoms with Crippen LogP contribution in [0.25, 0.3) is 0 Å². The second kappa shape index (κ2) is 10.3. The molecule has 6 heteroatoms. The number of carbonyl (C=O) groups is 2. The first kappa shape index (κ1) is 22.5. The number of hydrogen-bond donors (Lipinski definition) is 1. The van der Waals surface area contributed by atoms with Gasteiger partial charge in [-0.15, -0.1) is 0 Å². The molecule has 1 aliphatic rings. The number of pyridine rings is 1. The highest BCUT2D eigenvalue weighted by Crippen LogP contribution is 2.15. The Morgan fingerprint density at radius 1 is 0.909 bits per heavy atom. The van der Waals surface area contributed by atoms with Crippen molar-refractivity contribution >= 4 is 17.6 Å². The van der Waals surface area contributed by atoms with Crippen LogP contribution in [0.2, 0.25) is 0 Å². The van der Waals surface area contributed by atoms with E-state index in [9.17, 15) is 9.59 Å². The molecule has 2 heterocycles. The maximum atomic E-state index is 13.5. The number of aryl methyl sites for hydroxylation is 2. The third kappa shape index (κ3) is 5.58. The monoisotopic (exact) mass is 442 g/mol. The average Bonchev–Trinajstić information content (AvgIpc) is 2.86. The summed E-state index contributed by atoms with van der Waals surface area (Å²) in [6.07, 6.45) is 2.24. The lowest BCUT2D eigenvalue weighted by atomic mass is 10.0. The van der Waals surface area contributed by atoms with E-state index in [-0.39, 0.29) is 11.8 Å². The summed E-state index contributed by atoms with van der Waals surface area (Å²) in [7, 11) is 0. The summed E-state index contributed by atoms with van der Waals surface area (Å²) >= 11 is 0. The number of anilines is 1. The normalized spacial score (nSPS) is 14.6. The second-order valence-electron chi connectivity index (χ2n) is 8.52. The summed E-state index contributed by atoms with van der Waals surface area (Å²) < 4.78 is 0. The highest BCUT2D eigenvalue weighted by molar-refractivity contribution is 5.97. The summed E-state index contributed by atoms with van der Waals surface area (Å²) in [4.78, 5) is 35.0. The van der Waals surface area contributed by atoms with E-state index in [1.807, 2.05) is 85.5 Å². The van der Waals surface area contributed by atoms with E-state index in [1.165, 1.54) is 0 Å². The fourth-order valence-corrected chi connectivity index (χ4v) is 4.09. The molecule has 2 amide bonds. The van der Waals surface area contributed by atoms with Crippen LogP contribution in [-0.4, -0.2) is 53.9 Å². The van der Waals surface area contributed by atoms with Gasteiger partial charge in [0.2, 0.25) is 5.91 Å². The fraction of sp³-hybridized carbons (Fsp3) is 0.296. The molecule has 1 saturated heterocycles. The Balaban J connectivity index is 1.47. The SMILES string of the molecule is Cc1ccc(C(=O)N[C@H](Cc2ccccc2)C(=O)N2CCN(c3ccccn3)CC2)cc1C. The van der Waals surface area contributed by atoms with Gasteiger partial charge in [0.05, 0.1) is 0 Å². The van der Waals surface area contributed by atoms with Gasteiger partial charge in [-0.3, -0.25) is 9.59 Å². The van der Waals surface area contributed by atoms with Crippen molar-refractivity contribution in [2.45, 2.75) is 26.3 Å². The molecule has 0 saturated carbocycles. The number of hydrogen-bond acceptors (Lipinski definition) is 4. The molecule has 1 aliphatic heterocycles. The van der Waals surface area contributed by atoms with E-state index in [1.54, 1.807) is 6.20 Å². The number of rotatable bonds is 6. The van der Waals surface area contributed by atoms with E-state index in [0.29, 0.717) is 38.2 Å². The number of nitrogens with zero attached hydrogens (tertiary/aromatic N) is 3. The Labute approximate surface area is 195 Å². The van der Waals surface area contributed by atoms with Gasteiger partial charge in [0.25, 0.3) is 5.91 Å². The van der Waals surface area contributed by atoms with Crippen molar-refractivity contribution < 1.29 is 9.59 Å². The van der Waals surface area contributed by atoms with Gasteiger partial charge in [-0.2, -0.15) is 0 Å². The topological polar surface area (TPSA) is 65.5 Å². The van der Waals surface area contributed by atoms with Crippen LogP contribution in [0.1, 0.15) is 27.0 Å². The van der Waals surface area contributed by atoms with Crippen LogP contribution in [-0.2, 0) is 11.2 Å². The van der Waals surface area contributed by atoms with Gasteiger partial charge in [0.15, 0.2) is 0 Å². The van der Waals surface area contributed by atoms with Crippen molar-refractivity contribution in [3.63, 3.8) is 0 Å². The number of nitrogens with one attached hydrogen (secondary N) is 1. The van der Waals surface area contributed by atoms with Crippen molar-refractivity contribution in [1.82, 2.24) is 15.2 Å². The summed E-state index contributed by atoms with van der Waals surface area (Å²) in [5.41, 5.74) is 3.78. The molecular formula is C27H30N4O2. The van der Waals surface area contributed by atoms with Crippen LogP contribution in [0.5, 0.6) is 0 Å². The molecule has 0 unspecified atom stereocenters. The molecule has 0 spiro atoms. The summed E-state index contributed by atoms with van der Waals surface area (Å²) in [6, 6.07) is 20.7. The van der Waals surface area contributed by atoms with Crippen molar-refractivity contribution in [1.29, 1.82) is 0 Å². The largest absolute Gasteiger partial charge is 0.353 e. The Bertz CT molecular complexity index is 1090. The van der Waals surface area contributed by atoms with Crippen molar-refractivity contribution in [2.24, 2.45) is 0 Å². The first-order valence-corrected chi connectivity index (χ1v) is 11.4. The zero-order valence-electron chi connectivity index (χ0n) is 19.2. The van der Waals surface area contributed by atoms with E-state index in [2.05, 4.69) is 15.2 Å². The molecule has 0 bridgehead atoms. The highest BCUT2D eigenvalue weighted by atomic mass is 16.2. The maximum absolute atomic E-state index is 13.5. The van der Waals surface area contributed by atoms with Gasteiger partial charge in [0, 0.05) is 44.4 Å². The van der Waals surface area contributed by atoms with Gasteiger partial charge in [-0.05, 0) is 54.8 Å². The molecule has 2 aromatic carbocycles. The first-order chi connectivity index (χ1) is 16.0. The van der Waals surface area contributed by atoms with E-state index in [0.717, 1.165) is 22.5 Å². The van der Waals surface area contributed by atoms with Crippen LogP contribution < -0.4 is 10.2 Å². The first-order valence-electron chi connectivity index (χ1n) is 11.4. The van der Waals surface area contributed by atoms with Gasteiger partial charge >= 0.3 is 0 Å². The summed E-state index contributed by atoms with van der Waals surface area (Å²) in [5, 5.41) is 3.01. The minimum atomic E-state index is -0.622. The quantitative estimate of drug-likeness (QED) is 0.636. The Morgan fingerprint density at radius 2 is 1.64 bits per heavy atom. The minimum absolute atomic E-state index is 0.0447. The predicted octanol–water partition coefficient (Wildman–Crippen LogP) is 3.39. The molecule has 0 aliphatic carbocycles. The molecule has 1 aromatic heterocycles. The van der Waals surface area contributed by atoms with E-state index < -0.39 is 6.04 Å². The number of carbonyl (C=O) groups excluding carboxylic acids is 2. The molecule has 1 fully saturated rings. The third-order valence-electron chi connectivity index (χ3n) is 6.22. The lowest BCUT2D eigenvalue weighted by Crippen LogP contribution is -2.55. The number of piperazine rings is 1. The molecule has 1 atom stereocenters. The molecule has 3 aromatic rings. The Kier molecular flexibility index (Phi) is 7.03. The zero-order valence-corrected chi connectivity index (χ0v) is 19.2. The Hall–Kier alpha value is -3.67. The summed E-state index contributed by atoms with van der Waals surface area (Å²) in [5.74, 6) is 0.657. The molecule has 1 N–H and O–H groups in total. The lowest BCUT2D eigenvalue weighted by molar-refractivity contribution is -0.133. The molecule has 4 rings (SSSR count). The van der Waals surface area contributed by atoms with Crippen molar-refractivity contribution in [3.05, 3.63) is 95.2 Å². The minimum Gasteiger partial charge on any atom is -0.353 e. The van der Waals surface area contributed by atoms with Gasteiger partial charge < -0.3 is 15.1 Å². The number of benzene rings is 2. The van der Waals surface area contributed by atoms with Crippen LogP contribution in [0.15, 0.2) is 72.9 Å². The smallest absolute Gasteiger partial charge is 0.251 e. The van der Waals surface area contributed by atoms with Crippen LogP contribution >= 0.6 is 0 Å². The molecule has 33 heavy (non-hydrogen) atoms. The molecular weight excluding hydrogens is 412 g/mol. The third-order valence-corrected chi connectivity index (χ3v) is 6.22. The van der Waals surface area contributed by atoms with E-state index in [4.69, 9.17) is 0 Å². The summed E-state index contributed by atoms with van der Waals surface area (Å²) in [6.45, 7) is 6.63. The zero-order chi connectivity index (χ0) is 23.2. The van der Waals surface area contributed by atoms with Crippen LogP contribution in [0, 0.1) is 13.8 Å². The van der Waals surface area contributed by atoms with Crippen LogP contribution in [0.3, 0.4) is 0 Å². The van der Waals surface area contributed by atoms with Gasteiger partial charge in [-0.1, -0.05) is 42.5 Å². The number of amides is 2.